The maximum atomic E-state index is 9.84. The van der Waals surface area contributed by atoms with E-state index in [0.29, 0.717) is 23.5 Å². The van der Waals surface area contributed by atoms with Gasteiger partial charge in [-0.05, 0) is 43.2 Å². The predicted octanol–water partition coefficient (Wildman–Crippen LogP) is 2.29. The third kappa shape index (κ3) is 6.56. The third-order valence-corrected chi connectivity index (χ3v) is 4.04. The number of carbonyl (C=O) groups is 1. The summed E-state index contributed by atoms with van der Waals surface area (Å²) in [5.41, 5.74) is 19.4. The highest BCUT2D eigenvalue weighted by atomic mass is 16.3. The molecule has 0 aliphatic heterocycles. The highest BCUT2D eigenvalue weighted by Gasteiger charge is 2.13. The van der Waals surface area contributed by atoms with Crippen molar-refractivity contribution >= 4 is 23.5 Å². The van der Waals surface area contributed by atoms with E-state index < -0.39 is 5.91 Å². The lowest BCUT2D eigenvalue weighted by Crippen LogP contribution is -2.04. The number of carbonyl (C=O) groups excluding carboxylic acids is 1. The summed E-state index contributed by atoms with van der Waals surface area (Å²) in [5, 5.41) is 19.0. The van der Waals surface area contributed by atoms with E-state index in [0.717, 1.165) is 23.8 Å². The molecule has 2 aromatic rings. The Morgan fingerprint density at radius 3 is 2.48 bits per heavy atom. The van der Waals surface area contributed by atoms with Crippen molar-refractivity contribution in [2.45, 2.75) is 25.7 Å². The van der Waals surface area contributed by atoms with Crippen LogP contribution in [-0.4, -0.2) is 27.7 Å². The van der Waals surface area contributed by atoms with E-state index >= 15 is 0 Å². The molecule has 0 unspecified atom stereocenters. The summed E-state index contributed by atoms with van der Waals surface area (Å²) in [6.45, 7) is 5.30. The molecule has 0 fully saturated rings. The zero-order valence-corrected chi connectivity index (χ0v) is 15.5. The van der Waals surface area contributed by atoms with Gasteiger partial charge < -0.3 is 32.4 Å². The minimum absolute atomic E-state index is 0.136. The van der Waals surface area contributed by atoms with Crippen LogP contribution in [0.1, 0.15) is 42.5 Å². The smallest absolute Gasteiger partial charge is 0.240 e. The topological polar surface area (TPSA) is 151 Å². The molecule has 27 heavy (non-hydrogen) atoms. The first kappa shape index (κ1) is 21.9. The molecule has 7 heteroatoms. The van der Waals surface area contributed by atoms with Gasteiger partial charge in [-0.2, -0.15) is 0 Å². The van der Waals surface area contributed by atoms with E-state index in [1.54, 1.807) is 24.3 Å². The number of nitrogens with one attached hydrogen (secondary N) is 1. The molecule has 0 aliphatic carbocycles. The van der Waals surface area contributed by atoms with Gasteiger partial charge >= 0.3 is 0 Å². The number of aromatic nitrogens is 1. The molecule has 1 heterocycles. The SMILES string of the molecule is C=CC(N)=O.CC[C@@H](CCO)c1cc(/C=C(\N)c2ccccc2O)c(N)[nH]1. The van der Waals surface area contributed by atoms with Crippen LogP contribution in [0.4, 0.5) is 5.82 Å². The zero-order valence-electron chi connectivity index (χ0n) is 15.5. The second-order valence-corrected chi connectivity index (χ2v) is 5.93. The molecule has 1 aromatic carbocycles. The van der Waals surface area contributed by atoms with Crippen LogP contribution in [0.3, 0.4) is 0 Å². The van der Waals surface area contributed by atoms with Gasteiger partial charge in [0.05, 0.1) is 0 Å². The minimum Gasteiger partial charge on any atom is -0.507 e. The summed E-state index contributed by atoms with van der Waals surface area (Å²) >= 11 is 0. The first-order valence-corrected chi connectivity index (χ1v) is 8.60. The molecule has 0 aliphatic rings. The fourth-order valence-corrected chi connectivity index (χ4v) is 2.55. The Kier molecular flexibility index (Phi) is 8.68. The second-order valence-electron chi connectivity index (χ2n) is 5.93. The van der Waals surface area contributed by atoms with E-state index in [9.17, 15) is 9.90 Å². The Morgan fingerprint density at radius 2 is 1.96 bits per heavy atom. The van der Waals surface area contributed by atoms with Crippen molar-refractivity contribution in [3.63, 3.8) is 0 Å². The standard InChI is InChI=1S/C17H23N3O2.C3H5NO/c1-2-11(7-8-21)15-10-12(17(19)20-15)9-14(18)13-5-3-4-6-16(13)22;1-2-3(4)5/h3-6,9-11,20-22H,2,7-8,18-19H2,1H3;2H,1H2,(H2,4,5)/b14-9-;/t11-;/m0./s1. The Labute approximate surface area is 159 Å². The number of aromatic amines is 1. The van der Waals surface area contributed by atoms with Crippen molar-refractivity contribution < 1.29 is 15.0 Å². The van der Waals surface area contributed by atoms with Gasteiger partial charge in [-0.3, -0.25) is 4.79 Å². The number of benzene rings is 1. The number of nitrogen functional groups attached to an aromatic ring is 1. The summed E-state index contributed by atoms with van der Waals surface area (Å²) < 4.78 is 0. The van der Waals surface area contributed by atoms with Gasteiger partial charge in [0.2, 0.25) is 5.91 Å². The minimum atomic E-state index is -0.481. The summed E-state index contributed by atoms with van der Waals surface area (Å²) in [5.74, 6) is 0.424. The van der Waals surface area contributed by atoms with Crippen molar-refractivity contribution in [1.82, 2.24) is 4.98 Å². The second kappa shape index (κ2) is 10.7. The average molecular weight is 372 g/mol. The van der Waals surface area contributed by atoms with Gasteiger partial charge in [-0.1, -0.05) is 25.6 Å². The maximum absolute atomic E-state index is 9.84. The maximum Gasteiger partial charge on any atom is 0.240 e. The number of aliphatic hydroxyl groups is 1. The summed E-state index contributed by atoms with van der Waals surface area (Å²) in [7, 11) is 0. The highest BCUT2D eigenvalue weighted by Crippen LogP contribution is 2.29. The molecule has 9 N–H and O–H groups in total. The van der Waals surface area contributed by atoms with Gasteiger partial charge in [-0.25, -0.2) is 0 Å². The normalized spacial score (nSPS) is 12.0. The number of rotatable bonds is 7. The molecule has 1 amide bonds. The first-order valence-electron chi connectivity index (χ1n) is 8.60. The Morgan fingerprint density at radius 1 is 1.33 bits per heavy atom. The number of primary amides is 1. The fraction of sp³-hybridized carbons (Fsp3) is 0.250. The quantitative estimate of drug-likeness (QED) is 0.412. The van der Waals surface area contributed by atoms with Crippen LogP contribution in [0, 0.1) is 0 Å². The van der Waals surface area contributed by atoms with E-state index in [2.05, 4.69) is 24.2 Å². The number of phenolic OH excluding ortho intramolecular Hbond substituents is 1. The third-order valence-electron chi connectivity index (χ3n) is 4.04. The molecular formula is C20H28N4O3. The van der Waals surface area contributed by atoms with Crippen molar-refractivity contribution in [2.75, 3.05) is 12.3 Å². The molecule has 146 valence electrons. The number of anilines is 1. The highest BCUT2D eigenvalue weighted by molar-refractivity contribution is 5.85. The van der Waals surface area contributed by atoms with Crippen molar-refractivity contribution in [3.8, 4) is 5.75 Å². The van der Waals surface area contributed by atoms with E-state index in [-0.39, 0.29) is 18.3 Å². The molecular weight excluding hydrogens is 344 g/mol. The summed E-state index contributed by atoms with van der Waals surface area (Å²) in [4.78, 5) is 12.6. The molecule has 0 radical (unpaired) electrons. The van der Waals surface area contributed by atoms with Crippen LogP contribution in [0.15, 0.2) is 43.0 Å². The number of H-pyrrole nitrogens is 1. The van der Waals surface area contributed by atoms with Crippen molar-refractivity contribution in [3.05, 3.63) is 59.8 Å². The number of hydrogen-bond donors (Lipinski definition) is 6. The van der Waals surface area contributed by atoms with Gasteiger partial charge in [0.1, 0.15) is 11.6 Å². The summed E-state index contributed by atoms with van der Waals surface area (Å²) in [6.07, 6.45) is 4.41. The number of aliphatic hydroxyl groups excluding tert-OH is 1. The monoisotopic (exact) mass is 372 g/mol. The van der Waals surface area contributed by atoms with Crippen LogP contribution in [0.5, 0.6) is 5.75 Å². The zero-order chi connectivity index (χ0) is 20.4. The van der Waals surface area contributed by atoms with E-state index in [4.69, 9.17) is 16.6 Å². The Bertz CT molecular complexity index is 796. The number of aromatic hydroxyl groups is 1. The number of para-hydroxylation sites is 1. The number of amides is 1. The van der Waals surface area contributed by atoms with Crippen LogP contribution >= 0.6 is 0 Å². The number of hydrogen-bond acceptors (Lipinski definition) is 5. The molecule has 0 saturated carbocycles. The first-order chi connectivity index (χ1) is 12.8. The Balaban J connectivity index is 0.000000646. The number of nitrogens with two attached hydrogens (primary N) is 3. The van der Waals surface area contributed by atoms with Gasteiger partial charge in [0.25, 0.3) is 0 Å². The fourth-order valence-electron chi connectivity index (χ4n) is 2.55. The molecule has 7 nitrogen and oxygen atoms in total. The lowest BCUT2D eigenvalue weighted by atomic mass is 9.98. The van der Waals surface area contributed by atoms with Crippen LogP contribution in [0.25, 0.3) is 11.8 Å². The molecule has 1 aromatic heterocycles. The molecule has 0 saturated heterocycles. The lowest BCUT2D eigenvalue weighted by molar-refractivity contribution is -0.113. The Hall–Kier alpha value is -3.19. The van der Waals surface area contributed by atoms with Gasteiger partial charge in [0, 0.05) is 35.0 Å². The summed E-state index contributed by atoms with van der Waals surface area (Å²) in [6, 6.07) is 8.86. The predicted molar refractivity (Wildman–Crippen MR) is 109 cm³/mol. The van der Waals surface area contributed by atoms with E-state index in [1.807, 2.05) is 12.1 Å². The van der Waals surface area contributed by atoms with Crippen LogP contribution < -0.4 is 17.2 Å². The number of phenols is 1. The molecule has 2 rings (SSSR count). The van der Waals surface area contributed by atoms with Crippen molar-refractivity contribution in [1.29, 1.82) is 0 Å². The van der Waals surface area contributed by atoms with Crippen LogP contribution in [-0.2, 0) is 4.79 Å². The lowest BCUT2D eigenvalue weighted by Gasteiger charge is -2.10. The largest absolute Gasteiger partial charge is 0.507 e. The molecule has 0 spiro atoms. The average Bonchev–Trinajstić information content (AvgIpc) is 3.00. The van der Waals surface area contributed by atoms with Gasteiger partial charge in [-0.15, -0.1) is 0 Å². The van der Waals surface area contributed by atoms with Crippen molar-refractivity contribution in [2.24, 2.45) is 11.5 Å². The van der Waals surface area contributed by atoms with E-state index in [1.165, 1.54) is 0 Å². The van der Waals surface area contributed by atoms with Gasteiger partial charge in [0.15, 0.2) is 0 Å². The van der Waals surface area contributed by atoms with Crippen LogP contribution in [0.2, 0.25) is 0 Å². The molecule has 0 bridgehead atoms. The molecule has 1 atom stereocenters.